The fourth-order valence-electron chi connectivity index (χ4n) is 4.95. The number of rotatable bonds is 4. The summed E-state index contributed by atoms with van der Waals surface area (Å²) >= 11 is 0. The number of alkyl halides is 2. The van der Waals surface area contributed by atoms with Crippen molar-refractivity contribution < 1.29 is 27.8 Å². The van der Waals surface area contributed by atoms with Gasteiger partial charge in [0.15, 0.2) is 12.2 Å². The summed E-state index contributed by atoms with van der Waals surface area (Å²) in [7, 11) is 0. The zero-order valence-corrected chi connectivity index (χ0v) is 13.9. The zero-order chi connectivity index (χ0) is 17.5. The first-order valence-electron chi connectivity index (χ1n) is 8.45. The van der Waals surface area contributed by atoms with Gasteiger partial charge in [-0.05, 0) is 50.9 Å². The van der Waals surface area contributed by atoms with E-state index in [2.05, 4.69) is 16.6 Å². The van der Waals surface area contributed by atoms with Crippen molar-refractivity contribution in [2.75, 3.05) is 6.61 Å². The highest BCUT2D eigenvalue weighted by Crippen LogP contribution is 2.59. The molecular weight excluding hydrogens is 318 g/mol. The minimum absolute atomic E-state index is 0.188. The van der Waals surface area contributed by atoms with E-state index < -0.39 is 30.1 Å². The number of hydrogen-bond donors (Lipinski definition) is 0. The van der Waals surface area contributed by atoms with Crippen molar-refractivity contribution in [1.82, 2.24) is 0 Å². The number of carbonyl (C=O) groups excluding carboxylic acids is 2. The first kappa shape index (κ1) is 17.2. The van der Waals surface area contributed by atoms with Crippen LogP contribution in [0.1, 0.15) is 46.0 Å². The quantitative estimate of drug-likeness (QED) is 0.583. The molecule has 132 valence electrons. The van der Waals surface area contributed by atoms with Gasteiger partial charge in [-0.2, -0.15) is 8.78 Å². The highest BCUT2D eigenvalue weighted by Gasteiger charge is 2.59. The molecule has 4 fully saturated rings. The van der Waals surface area contributed by atoms with Crippen molar-refractivity contribution in [2.45, 2.75) is 57.5 Å². The van der Waals surface area contributed by atoms with Gasteiger partial charge in [-0.3, -0.25) is 0 Å². The fourth-order valence-corrected chi connectivity index (χ4v) is 4.95. The lowest BCUT2D eigenvalue weighted by Crippen LogP contribution is -2.59. The smallest absolute Gasteiger partial charge is 0.377 e. The van der Waals surface area contributed by atoms with Crippen molar-refractivity contribution in [1.29, 1.82) is 0 Å². The van der Waals surface area contributed by atoms with Crippen LogP contribution in [0, 0.1) is 35.5 Å². The van der Waals surface area contributed by atoms with Gasteiger partial charge in [-0.1, -0.05) is 5.92 Å². The van der Waals surface area contributed by atoms with Gasteiger partial charge >= 0.3 is 17.9 Å². The van der Waals surface area contributed by atoms with E-state index in [1.165, 1.54) is 6.42 Å². The third-order valence-corrected chi connectivity index (χ3v) is 5.63. The second-order valence-electron chi connectivity index (χ2n) is 7.41. The molecule has 4 saturated carbocycles. The maximum absolute atomic E-state index is 12.8. The SMILES string of the molecule is CC#CC1(OC(=O)COC(=O)C(C)(F)F)C2CC3CC(C2)CC1C3. The van der Waals surface area contributed by atoms with Gasteiger partial charge in [0.1, 0.15) is 0 Å². The molecule has 0 amide bonds. The van der Waals surface area contributed by atoms with Crippen LogP contribution >= 0.6 is 0 Å². The van der Waals surface area contributed by atoms with Crippen molar-refractivity contribution in [3.8, 4) is 11.8 Å². The van der Waals surface area contributed by atoms with Crippen molar-refractivity contribution in [3.05, 3.63) is 0 Å². The predicted molar refractivity (Wildman–Crippen MR) is 80.9 cm³/mol. The van der Waals surface area contributed by atoms with Crippen molar-refractivity contribution in [2.24, 2.45) is 23.7 Å². The van der Waals surface area contributed by atoms with E-state index in [1.807, 2.05) is 0 Å². The van der Waals surface area contributed by atoms with E-state index in [4.69, 9.17) is 4.74 Å². The molecule has 4 rings (SSSR count). The lowest BCUT2D eigenvalue weighted by molar-refractivity contribution is -0.198. The van der Waals surface area contributed by atoms with Gasteiger partial charge in [-0.25, -0.2) is 9.59 Å². The molecule has 0 aliphatic heterocycles. The Morgan fingerprint density at radius 1 is 1.12 bits per heavy atom. The lowest BCUT2D eigenvalue weighted by atomic mass is 9.50. The topological polar surface area (TPSA) is 52.6 Å². The number of hydrogen-bond acceptors (Lipinski definition) is 4. The molecule has 0 saturated heterocycles. The highest BCUT2D eigenvalue weighted by molar-refractivity contribution is 5.80. The minimum Gasteiger partial charge on any atom is -0.449 e. The average Bonchev–Trinajstić information content (AvgIpc) is 2.48. The molecule has 0 N–H and O–H groups in total. The first-order chi connectivity index (χ1) is 11.2. The van der Waals surface area contributed by atoms with Crippen LogP contribution in [-0.2, 0) is 19.1 Å². The Morgan fingerprint density at radius 3 is 2.12 bits per heavy atom. The van der Waals surface area contributed by atoms with Gasteiger partial charge in [-0.15, -0.1) is 5.92 Å². The van der Waals surface area contributed by atoms with Gasteiger partial charge < -0.3 is 9.47 Å². The molecule has 4 aliphatic carbocycles. The summed E-state index contributed by atoms with van der Waals surface area (Å²) in [4.78, 5) is 23.2. The van der Waals surface area contributed by atoms with E-state index in [-0.39, 0.29) is 11.8 Å². The summed E-state index contributed by atoms with van der Waals surface area (Å²) in [5.74, 6) is 1.57. The van der Waals surface area contributed by atoms with Crippen LogP contribution in [0.15, 0.2) is 0 Å². The zero-order valence-electron chi connectivity index (χ0n) is 13.9. The van der Waals surface area contributed by atoms with Gasteiger partial charge in [0, 0.05) is 18.8 Å². The van der Waals surface area contributed by atoms with Crippen LogP contribution < -0.4 is 0 Å². The molecule has 4 bridgehead atoms. The second kappa shape index (κ2) is 6.02. The van der Waals surface area contributed by atoms with Crippen LogP contribution in [0.2, 0.25) is 0 Å². The number of carbonyl (C=O) groups is 2. The van der Waals surface area contributed by atoms with Crippen LogP contribution in [0.4, 0.5) is 8.78 Å². The van der Waals surface area contributed by atoms with E-state index >= 15 is 0 Å². The fraction of sp³-hybridized carbons (Fsp3) is 0.778. The number of ether oxygens (including phenoxy) is 2. The molecule has 0 heterocycles. The molecule has 0 spiro atoms. The van der Waals surface area contributed by atoms with E-state index in [1.54, 1.807) is 6.92 Å². The maximum Gasteiger partial charge on any atom is 0.377 e. The molecule has 4 aliphatic rings. The Bertz CT molecular complexity index is 568. The van der Waals surface area contributed by atoms with E-state index in [9.17, 15) is 18.4 Å². The van der Waals surface area contributed by atoms with Crippen LogP contribution in [-0.4, -0.2) is 30.1 Å². The summed E-state index contributed by atoms with van der Waals surface area (Å²) < 4.78 is 35.7. The molecule has 4 nitrogen and oxygen atoms in total. The Balaban J connectivity index is 1.69. The lowest BCUT2D eigenvalue weighted by Gasteiger charge is -2.58. The summed E-state index contributed by atoms with van der Waals surface area (Å²) in [6, 6.07) is 0. The maximum atomic E-state index is 12.8. The van der Waals surface area contributed by atoms with Gasteiger partial charge in [0.05, 0.1) is 0 Å². The predicted octanol–water partition coefficient (Wildman–Crippen LogP) is 2.95. The first-order valence-corrected chi connectivity index (χ1v) is 8.45. The monoisotopic (exact) mass is 340 g/mol. The second-order valence-corrected chi connectivity index (χ2v) is 7.41. The highest BCUT2D eigenvalue weighted by atomic mass is 19.3. The van der Waals surface area contributed by atoms with Gasteiger partial charge in [0.25, 0.3) is 0 Å². The molecule has 0 aromatic carbocycles. The third-order valence-electron chi connectivity index (χ3n) is 5.63. The van der Waals surface area contributed by atoms with Crippen molar-refractivity contribution >= 4 is 11.9 Å². The summed E-state index contributed by atoms with van der Waals surface area (Å²) in [6.07, 6.45) is 5.20. The Morgan fingerprint density at radius 2 is 1.67 bits per heavy atom. The van der Waals surface area contributed by atoms with Crippen LogP contribution in [0.5, 0.6) is 0 Å². The van der Waals surface area contributed by atoms with E-state index in [0.29, 0.717) is 18.8 Å². The third kappa shape index (κ3) is 3.01. The van der Waals surface area contributed by atoms with Crippen LogP contribution in [0.3, 0.4) is 0 Å². The summed E-state index contributed by atoms with van der Waals surface area (Å²) in [6.45, 7) is 1.34. The largest absolute Gasteiger partial charge is 0.449 e. The van der Waals surface area contributed by atoms with Gasteiger partial charge in [0.2, 0.25) is 0 Å². The molecule has 0 atom stereocenters. The van der Waals surface area contributed by atoms with Crippen LogP contribution in [0.25, 0.3) is 0 Å². The Kier molecular flexibility index (Phi) is 4.31. The molecule has 0 aromatic rings. The standard InChI is InChI=1S/C18H22F2O4/c1-3-4-18(24-15(21)10-23-16(22)17(2,19)20)13-6-11-5-12(8-13)9-14(18)7-11/h11-14H,5-10H2,1-2H3. The molecule has 24 heavy (non-hydrogen) atoms. The average molecular weight is 340 g/mol. The molecule has 0 unspecified atom stereocenters. The Labute approximate surface area is 140 Å². The summed E-state index contributed by atoms with van der Waals surface area (Å²) in [5.41, 5.74) is -0.847. The molecule has 6 heteroatoms. The molecule has 0 aromatic heterocycles. The molecule has 0 radical (unpaired) electrons. The Hall–Kier alpha value is -1.64. The normalized spacial score (nSPS) is 36.7. The number of halogens is 2. The van der Waals surface area contributed by atoms with E-state index in [0.717, 1.165) is 25.7 Å². The minimum atomic E-state index is -3.62. The molecular formula is C18H22F2O4. The summed E-state index contributed by atoms with van der Waals surface area (Å²) in [5, 5.41) is 0. The van der Waals surface area contributed by atoms with Crippen molar-refractivity contribution in [3.63, 3.8) is 0 Å². The number of esters is 2.